The van der Waals surface area contributed by atoms with E-state index in [1.54, 1.807) is 18.2 Å². The predicted molar refractivity (Wildman–Crippen MR) is 57.9 cm³/mol. The van der Waals surface area contributed by atoms with Crippen molar-refractivity contribution in [2.75, 3.05) is 0 Å². The molecule has 0 saturated carbocycles. The minimum Gasteiger partial charge on any atom is -0.481 e. The monoisotopic (exact) mass is 237 g/mol. The van der Waals surface area contributed by atoms with E-state index in [4.69, 9.17) is 10.2 Å². The van der Waals surface area contributed by atoms with Gasteiger partial charge in [-0.1, -0.05) is 6.07 Å². The summed E-state index contributed by atoms with van der Waals surface area (Å²) in [6.45, 7) is 0. The number of aromatic carboxylic acids is 1. The van der Waals surface area contributed by atoms with Gasteiger partial charge in [-0.2, -0.15) is 0 Å². The van der Waals surface area contributed by atoms with Gasteiger partial charge in [0.25, 0.3) is 0 Å². The lowest BCUT2D eigenvalue weighted by molar-refractivity contribution is -0.136. The molecule has 5 nitrogen and oxygen atoms in total. The summed E-state index contributed by atoms with van der Waals surface area (Å²) < 4.78 is 0.691. The van der Waals surface area contributed by atoms with Crippen molar-refractivity contribution in [1.82, 2.24) is 4.98 Å². The molecule has 16 heavy (non-hydrogen) atoms. The molecule has 0 aliphatic carbocycles. The van der Waals surface area contributed by atoms with Crippen molar-refractivity contribution < 1.29 is 19.8 Å². The van der Waals surface area contributed by atoms with Crippen molar-refractivity contribution in [3.8, 4) is 0 Å². The smallest absolute Gasteiger partial charge is 0.365 e. The Morgan fingerprint density at radius 1 is 1.31 bits per heavy atom. The van der Waals surface area contributed by atoms with Crippen LogP contribution in [0.5, 0.6) is 0 Å². The van der Waals surface area contributed by atoms with Crippen LogP contribution in [0, 0.1) is 0 Å². The Hall–Kier alpha value is -1.95. The van der Waals surface area contributed by atoms with Gasteiger partial charge in [0.2, 0.25) is 5.01 Å². The Labute approximate surface area is 94.0 Å². The minimum absolute atomic E-state index is 0.0162. The summed E-state index contributed by atoms with van der Waals surface area (Å²) in [6, 6.07) is 4.94. The number of carboxylic acids is 2. The van der Waals surface area contributed by atoms with Gasteiger partial charge in [-0.25, -0.2) is 9.78 Å². The molecule has 2 rings (SSSR count). The fourth-order valence-electron chi connectivity index (χ4n) is 1.35. The Kier molecular flexibility index (Phi) is 2.57. The highest BCUT2D eigenvalue weighted by Gasteiger charge is 2.11. The zero-order valence-corrected chi connectivity index (χ0v) is 8.82. The molecule has 0 fully saturated rings. The third-order valence-corrected chi connectivity index (χ3v) is 3.00. The fourth-order valence-corrected chi connectivity index (χ4v) is 2.21. The van der Waals surface area contributed by atoms with E-state index in [1.807, 2.05) is 0 Å². The molecule has 0 spiro atoms. The molecule has 0 aliphatic rings. The van der Waals surface area contributed by atoms with Crippen LogP contribution in [0.4, 0.5) is 0 Å². The Morgan fingerprint density at radius 2 is 2.06 bits per heavy atom. The summed E-state index contributed by atoms with van der Waals surface area (Å²) in [5, 5.41) is 17.4. The number of benzene rings is 1. The number of hydrogen-bond donors (Lipinski definition) is 2. The first-order valence-corrected chi connectivity index (χ1v) is 5.22. The predicted octanol–water partition coefficient (Wildman–Crippen LogP) is 1.62. The van der Waals surface area contributed by atoms with Gasteiger partial charge >= 0.3 is 11.9 Å². The van der Waals surface area contributed by atoms with Crippen LogP contribution in [-0.4, -0.2) is 27.1 Å². The summed E-state index contributed by atoms with van der Waals surface area (Å²) in [5.41, 5.74) is 1.22. The minimum atomic E-state index is -1.07. The van der Waals surface area contributed by atoms with Crippen LogP contribution in [0.25, 0.3) is 10.2 Å². The van der Waals surface area contributed by atoms with Gasteiger partial charge in [0, 0.05) is 0 Å². The molecule has 1 aromatic heterocycles. The number of carbonyl (C=O) groups is 2. The zero-order chi connectivity index (χ0) is 11.7. The molecule has 0 saturated heterocycles. The van der Waals surface area contributed by atoms with E-state index in [2.05, 4.69) is 4.98 Å². The maximum absolute atomic E-state index is 10.7. The largest absolute Gasteiger partial charge is 0.481 e. The van der Waals surface area contributed by atoms with Crippen LogP contribution < -0.4 is 0 Å². The van der Waals surface area contributed by atoms with E-state index < -0.39 is 11.9 Å². The molecule has 6 heteroatoms. The number of hydrogen-bond acceptors (Lipinski definition) is 4. The van der Waals surface area contributed by atoms with E-state index in [-0.39, 0.29) is 11.4 Å². The van der Waals surface area contributed by atoms with Crippen molar-refractivity contribution in [2.24, 2.45) is 0 Å². The maximum Gasteiger partial charge on any atom is 0.365 e. The van der Waals surface area contributed by atoms with Crippen LogP contribution >= 0.6 is 11.3 Å². The molecule has 0 radical (unpaired) electrons. The van der Waals surface area contributed by atoms with Crippen molar-refractivity contribution in [1.29, 1.82) is 0 Å². The fraction of sp³-hybridized carbons (Fsp3) is 0.100. The molecule has 0 atom stereocenters. The van der Waals surface area contributed by atoms with Crippen LogP contribution in [0.3, 0.4) is 0 Å². The summed E-state index contributed by atoms with van der Waals surface area (Å²) in [7, 11) is 0. The first kappa shape index (κ1) is 10.6. The summed E-state index contributed by atoms with van der Waals surface area (Å²) in [6.07, 6.45) is -0.0732. The first-order valence-electron chi connectivity index (χ1n) is 4.41. The second-order valence-corrected chi connectivity index (χ2v) is 4.23. The van der Waals surface area contributed by atoms with E-state index in [1.165, 1.54) is 0 Å². The molecule has 1 aromatic carbocycles. The molecule has 2 aromatic rings. The highest BCUT2D eigenvalue weighted by atomic mass is 32.1. The summed E-state index contributed by atoms with van der Waals surface area (Å²) in [5.74, 6) is -1.98. The van der Waals surface area contributed by atoms with E-state index >= 15 is 0 Å². The van der Waals surface area contributed by atoms with Crippen molar-refractivity contribution in [3.05, 3.63) is 28.8 Å². The molecule has 1 heterocycles. The average molecular weight is 237 g/mol. The van der Waals surface area contributed by atoms with Crippen LogP contribution in [-0.2, 0) is 11.2 Å². The van der Waals surface area contributed by atoms with Gasteiger partial charge in [0.1, 0.15) is 0 Å². The van der Waals surface area contributed by atoms with Gasteiger partial charge in [-0.3, -0.25) is 4.79 Å². The van der Waals surface area contributed by atoms with E-state index in [9.17, 15) is 9.59 Å². The second-order valence-electron chi connectivity index (χ2n) is 3.20. The lowest BCUT2D eigenvalue weighted by Crippen LogP contribution is -1.99. The lowest BCUT2D eigenvalue weighted by atomic mass is 10.1. The maximum atomic E-state index is 10.7. The third-order valence-electron chi connectivity index (χ3n) is 1.99. The van der Waals surface area contributed by atoms with Gasteiger partial charge in [0.05, 0.1) is 16.6 Å². The highest BCUT2D eigenvalue weighted by molar-refractivity contribution is 7.20. The van der Waals surface area contributed by atoms with Crippen LogP contribution in [0.2, 0.25) is 0 Å². The molecule has 0 amide bonds. The first-order chi connectivity index (χ1) is 7.56. The number of fused-ring (bicyclic) bond motifs is 1. The SMILES string of the molecule is O=C(O)Cc1ccc2nc(C(=O)O)sc2c1. The zero-order valence-electron chi connectivity index (χ0n) is 8.01. The summed E-state index contributed by atoms with van der Waals surface area (Å²) >= 11 is 1.04. The molecule has 82 valence electrons. The van der Waals surface area contributed by atoms with Crippen molar-refractivity contribution >= 4 is 33.5 Å². The molecule has 0 aliphatic heterocycles. The molecule has 0 bridgehead atoms. The molecular weight excluding hydrogens is 230 g/mol. The normalized spacial score (nSPS) is 10.5. The van der Waals surface area contributed by atoms with Gasteiger partial charge in [-0.05, 0) is 17.7 Å². The van der Waals surface area contributed by atoms with Gasteiger partial charge < -0.3 is 10.2 Å². The quantitative estimate of drug-likeness (QED) is 0.846. The Morgan fingerprint density at radius 3 is 2.69 bits per heavy atom. The average Bonchev–Trinajstić information content (AvgIpc) is 2.59. The van der Waals surface area contributed by atoms with Crippen molar-refractivity contribution in [3.63, 3.8) is 0 Å². The summed E-state index contributed by atoms with van der Waals surface area (Å²) in [4.78, 5) is 25.1. The van der Waals surface area contributed by atoms with Gasteiger partial charge in [-0.15, -0.1) is 11.3 Å². The number of thiazole rings is 1. The molecule has 0 unspecified atom stereocenters. The number of carboxylic acid groups (broad SMARTS) is 2. The van der Waals surface area contributed by atoms with Crippen LogP contribution in [0.1, 0.15) is 15.4 Å². The molecular formula is C10H7NO4S. The number of nitrogens with zero attached hydrogens (tertiary/aromatic N) is 1. The Balaban J connectivity index is 2.45. The molecule has 2 N–H and O–H groups in total. The Bertz CT molecular complexity index is 575. The number of rotatable bonds is 3. The lowest BCUT2D eigenvalue weighted by Gasteiger charge is -1.95. The van der Waals surface area contributed by atoms with Crippen LogP contribution in [0.15, 0.2) is 18.2 Å². The highest BCUT2D eigenvalue weighted by Crippen LogP contribution is 2.23. The van der Waals surface area contributed by atoms with Gasteiger partial charge in [0.15, 0.2) is 0 Å². The third kappa shape index (κ3) is 2.01. The topological polar surface area (TPSA) is 87.5 Å². The van der Waals surface area contributed by atoms with E-state index in [0.717, 1.165) is 11.3 Å². The standard InChI is InChI=1S/C10H7NO4S/c12-8(13)4-5-1-2-6-7(3-5)16-9(11-6)10(14)15/h1-3H,4H2,(H,12,13)(H,14,15). The number of aromatic nitrogens is 1. The van der Waals surface area contributed by atoms with E-state index in [0.29, 0.717) is 15.8 Å². The number of aliphatic carboxylic acids is 1. The second kappa shape index (κ2) is 3.90. The van der Waals surface area contributed by atoms with Crippen molar-refractivity contribution in [2.45, 2.75) is 6.42 Å².